The van der Waals surface area contributed by atoms with Crippen LogP contribution in [0.4, 0.5) is 0 Å². The van der Waals surface area contributed by atoms with Crippen molar-refractivity contribution in [2.24, 2.45) is 18.7 Å². The van der Waals surface area contributed by atoms with Gasteiger partial charge in [0.05, 0.1) is 16.8 Å². The summed E-state index contributed by atoms with van der Waals surface area (Å²) in [7, 11) is 1.88. The first kappa shape index (κ1) is 22.2. The van der Waals surface area contributed by atoms with Gasteiger partial charge in [-0.1, -0.05) is 44.4 Å². The van der Waals surface area contributed by atoms with E-state index in [0.29, 0.717) is 17.0 Å². The van der Waals surface area contributed by atoms with Gasteiger partial charge in [0.15, 0.2) is 0 Å². The molecule has 0 unspecified atom stereocenters. The molecule has 6 heteroatoms. The third-order valence-electron chi connectivity index (χ3n) is 7.18. The van der Waals surface area contributed by atoms with Crippen molar-refractivity contribution >= 4 is 5.91 Å². The summed E-state index contributed by atoms with van der Waals surface area (Å²) in [6, 6.07) is 9.60. The number of aromatic nitrogens is 3. The number of nitrogens with zero attached hydrogens (tertiary/aromatic N) is 3. The Morgan fingerprint density at radius 2 is 1.69 bits per heavy atom. The molecule has 1 amide bonds. The first-order chi connectivity index (χ1) is 15.4. The van der Waals surface area contributed by atoms with Crippen molar-refractivity contribution in [3.05, 3.63) is 63.3 Å². The van der Waals surface area contributed by atoms with E-state index in [1.165, 1.54) is 32.1 Å². The van der Waals surface area contributed by atoms with Crippen molar-refractivity contribution in [1.82, 2.24) is 13.9 Å². The highest BCUT2D eigenvalue weighted by atomic mass is 16.1. The van der Waals surface area contributed by atoms with Crippen molar-refractivity contribution in [2.45, 2.75) is 65.8 Å². The molecule has 2 aromatic heterocycles. The quantitative estimate of drug-likeness (QED) is 0.620. The Kier molecular flexibility index (Phi) is 6.13. The molecule has 1 fully saturated rings. The highest BCUT2D eigenvalue weighted by Crippen LogP contribution is 2.36. The molecule has 1 saturated carbocycles. The minimum atomic E-state index is -0.469. The molecule has 0 bridgehead atoms. The zero-order valence-corrected chi connectivity index (χ0v) is 19.6. The van der Waals surface area contributed by atoms with Gasteiger partial charge in [-0.15, -0.1) is 0 Å². The average molecular weight is 435 g/mol. The van der Waals surface area contributed by atoms with Crippen LogP contribution in [0.15, 0.2) is 35.1 Å². The lowest BCUT2D eigenvalue weighted by atomic mass is 9.89. The maximum Gasteiger partial charge on any atom is 0.279 e. The van der Waals surface area contributed by atoms with E-state index in [9.17, 15) is 9.59 Å². The number of carbonyl (C=O) groups excluding carboxylic acids is 1. The van der Waals surface area contributed by atoms with Gasteiger partial charge in [0.1, 0.15) is 0 Å². The van der Waals surface area contributed by atoms with Crippen molar-refractivity contribution < 1.29 is 4.79 Å². The van der Waals surface area contributed by atoms with Gasteiger partial charge in [-0.2, -0.15) is 0 Å². The molecule has 1 aliphatic carbocycles. The Morgan fingerprint density at radius 3 is 2.28 bits per heavy atom. The molecule has 1 aromatic carbocycles. The zero-order chi connectivity index (χ0) is 23.0. The number of amides is 1. The molecular weight excluding hydrogens is 400 g/mol. The predicted octanol–water partition coefficient (Wildman–Crippen LogP) is 4.50. The summed E-state index contributed by atoms with van der Waals surface area (Å²) >= 11 is 0. The molecule has 3 aromatic rings. The molecule has 0 atom stereocenters. The largest absolute Gasteiger partial charge is 0.366 e. The maximum atomic E-state index is 13.7. The van der Waals surface area contributed by atoms with Gasteiger partial charge in [0.25, 0.3) is 11.5 Å². The van der Waals surface area contributed by atoms with Crippen LogP contribution in [-0.2, 0) is 20.0 Å². The fourth-order valence-electron chi connectivity index (χ4n) is 5.47. The number of primary amides is 1. The van der Waals surface area contributed by atoms with Crippen LogP contribution >= 0.6 is 0 Å². The molecule has 2 N–H and O–H groups in total. The van der Waals surface area contributed by atoms with E-state index in [0.717, 1.165) is 41.3 Å². The van der Waals surface area contributed by atoms with E-state index in [-0.39, 0.29) is 5.56 Å². The van der Waals surface area contributed by atoms with Crippen LogP contribution in [0, 0.1) is 19.8 Å². The number of para-hydroxylation sites is 1. The van der Waals surface area contributed by atoms with Crippen molar-refractivity contribution in [3.8, 4) is 16.8 Å². The molecule has 1 aliphatic rings. The lowest BCUT2D eigenvalue weighted by Crippen LogP contribution is -2.21. The highest BCUT2D eigenvalue weighted by Gasteiger charge is 2.30. The molecule has 4 rings (SSSR count). The second-order valence-electron chi connectivity index (χ2n) is 9.05. The fraction of sp³-hybridized carbons (Fsp3) is 0.462. The molecule has 0 spiro atoms. The number of benzene rings is 1. The van der Waals surface area contributed by atoms with Gasteiger partial charge in [-0.3, -0.25) is 14.3 Å². The van der Waals surface area contributed by atoms with Crippen LogP contribution in [0.3, 0.4) is 0 Å². The Morgan fingerprint density at radius 1 is 1.03 bits per heavy atom. The highest BCUT2D eigenvalue weighted by molar-refractivity contribution is 6.02. The third kappa shape index (κ3) is 3.61. The van der Waals surface area contributed by atoms with Gasteiger partial charge in [0.2, 0.25) is 0 Å². The normalized spacial score (nSPS) is 14.8. The minimum Gasteiger partial charge on any atom is -0.366 e. The molecular formula is C26H34N4O2. The van der Waals surface area contributed by atoms with Crippen LogP contribution in [0.2, 0.25) is 0 Å². The van der Waals surface area contributed by atoms with Crippen molar-refractivity contribution in [2.75, 3.05) is 0 Å². The third-order valence-corrected chi connectivity index (χ3v) is 7.18. The van der Waals surface area contributed by atoms with Gasteiger partial charge in [0, 0.05) is 36.2 Å². The lowest BCUT2D eigenvalue weighted by molar-refractivity contribution is 0.1000. The summed E-state index contributed by atoms with van der Waals surface area (Å²) < 4.78 is 5.80. The maximum absolute atomic E-state index is 13.7. The second-order valence-corrected chi connectivity index (χ2v) is 9.05. The van der Waals surface area contributed by atoms with Gasteiger partial charge in [-0.25, -0.2) is 4.68 Å². The summed E-state index contributed by atoms with van der Waals surface area (Å²) in [5.41, 5.74) is 11.1. The Balaban J connectivity index is 1.95. The first-order valence-electron chi connectivity index (χ1n) is 11.7. The molecule has 0 aliphatic heterocycles. The SMILES string of the molecule is CCc1c(-c2c(C)n(C)n(-c3ccccc3)c2=O)c(C(N)=O)c(C)n1CC1CCCCC1. The van der Waals surface area contributed by atoms with Crippen molar-refractivity contribution in [3.63, 3.8) is 0 Å². The van der Waals surface area contributed by atoms with Crippen LogP contribution in [0.25, 0.3) is 16.8 Å². The monoisotopic (exact) mass is 434 g/mol. The molecule has 32 heavy (non-hydrogen) atoms. The standard InChI is InChI=1S/C26H34N4O2/c1-5-21-24(22(25(27)31)18(3)29(21)16-19-12-8-6-9-13-19)23-17(2)28(4)30(26(23)32)20-14-10-7-11-15-20/h7,10-11,14-15,19H,5-6,8-9,12-13,16H2,1-4H3,(H2,27,31). The van der Waals surface area contributed by atoms with Crippen LogP contribution in [0.1, 0.15) is 66.5 Å². The summed E-state index contributed by atoms with van der Waals surface area (Å²) in [5.74, 6) is 0.134. The number of rotatable bonds is 6. The molecule has 6 nitrogen and oxygen atoms in total. The van der Waals surface area contributed by atoms with Crippen LogP contribution in [0.5, 0.6) is 0 Å². The van der Waals surface area contributed by atoms with Gasteiger partial charge < -0.3 is 10.3 Å². The number of nitrogens with two attached hydrogens (primary N) is 1. The van der Waals surface area contributed by atoms with E-state index in [1.807, 2.05) is 55.9 Å². The Hall–Kier alpha value is -3.02. The average Bonchev–Trinajstić information content (AvgIpc) is 3.18. The number of hydrogen-bond acceptors (Lipinski definition) is 2. The molecule has 0 saturated heterocycles. The van der Waals surface area contributed by atoms with Crippen molar-refractivity contribution in [1.29, 1.82) is 0 Å². The molecule has 170 valence electrons. The zero-order valence-electron chi connectivity index (χ0n) is 19.6. The smallest absolute Gasteiger partial charge is 0.279 e. The van der Waals surface area contributed by atoms with Crippen LogP contribution in [-0.4, -0.2) is 19.8 Å². The predicted molar refractivity (Wildman–Crippen MR) is 128 cm³/mol. The summed E-state index contributed by atoms with van der Waals surface area (Å²) in [5, 5.41) is 0. The first-order valence-corrected chi connectivity index (χ1v) is 11.7. The fourth-order valence-corrected chi connectivity index (χ4v) is 5.47. The van der Waals surface area contributed by atoms with E-state index in [4.69, 9.17) is 5.73 Å². The molecule has 2 heterocycles. The molecule has 0 radical (unpaired) electrons. The van der Waals surface area contributed by atoms with Gasteiger partial charge in [-0.05, 0) is 51.2 Å². The summed E-state index contributed by atoms with van der Waals surface area (Å²) in [6.45, 7) is 6.89. The Labute approximate surface area is 189 Å². The summed E-state index contributed by atoms with van der Waals surface area (Å²) in [6.07, 6.45) is 7.00. The second kappa shape index (κ2) is 8.85. The topological polar surface area (TPSA) is 75.0 Å². The van der Waals surface area contributed by atoms with E-state index < -0.39 is 5.91 Å². The lowest BCUT2D eigenvalue weighted by Gasteiger charge is -2.24. The Bertz CT molecular complexity index is 1190. The van der Waals surface area contributed by atoms with Gasteiger partial charge >= 0.3 is 0 Å². The number of hydrogen-bond donors (Lipinski definition) is 1. The van der Waals surface area contributed by atoms with E-state index >= 15 is 0 Å². The number of carbonyl (C=O) groups is 1. The van der Waals surface area contributed by atoms with E-state index in [1.54, 1.807) is 4.68 Å². The van der Waals surface area contributed by atoms with Crippen LogP contribution < -0.4 is 11.3 Å². The van der Waals surface area contributed by atoms with E-state index in [2.05, 4.69) is 11.5 Å². The summed E-state index contributed by atoms with van der Waals surface area (Å²) in [4.78, 5) is 26.4. The minimum absolute atomic E-state index is 0.122.